The van der Waals surface area contributed by atoms with Gasteiger partial charge in [-0.2, -0.15) is 4.98 Å². The lowest BCUT2D eigenvalue weighted by Gasteiger charge is -2.15. The van der Waals surface area contributed by atoms with Crippen LogP contribution in [0.1, 0.15) is 58.9 Å². The summed E-state index contributed by atoms with van der Waals surface area (Å²) in [5.74, 6) is 2.19. The van der Waals surface area contributed by atoms with Crippen molar-refractivity contribution in [1.29, 1.82) is 0 Å². The third kappa shape index (κ3) is 2.49. The van der Waals surface area contributed by atoms with Crippen molar-refractivity contribution in [2.45, 2.75) is 38.0 Å². The van der Waals surface area contributed by atoms with Crippen LogP contribution in [0.5, 0.6) is 0 Å². The Morgan fingerprint density at radius 3 is 2.86 bits per heavy atom. The van der Waals surface area contributed by atoms with E-state index in [2.05, 4.69) is 15.1 Å². The van der Waals surface area contributed by atoms with Crippen LogP contribution >= 0.6 is 0 Å². The number of aromatic nitrogens is 3. The van der Waals surface area contributed by atoms with Crippen LogP contribution in [-0.4, -0.2) is 39.0 Å². The van der Waals surface area contributed by atoms with Gasteiger partial charge < -0.3 is 9.42 Å². The first-order chi connectivity index (χ1) is 10.7. The number of likely N-dealkylation sites (tertiary alicyclic amines) is 1. The third-order valence-corrected chi connectivity index (χ3v) is 4.38. The van der Waals surface area contributed by atoms with E-state index in [0.717, 1.165) is 37.3 Å². The molecule has 2 aromatic rings. The molecule has 0 N–H and O–H groups in total. The molecule has 6 nitrogen and oxygen atoms in total. The highest BCUT2D eigenvalue weighted by atomic mass is 16.5. The Morgan fingerprint density at radius 2 is 2.14 bits per heavy atom. The molecule has 1 unspecified atom stereocenters. The minimum Gasteiger partial charge on any atom is -0.339 e. The number of rotatable bonds is 3. The molecule has 1 saturated heterocycles. The Hall–Kier alpha value is -2.24. The lowest BCUT2D eigenvalue weighted by atomic mass is 10.1. The predicted octanol–water partition coefficient (Wildman–Crippen LogP) is 2.28. The average Bonchev–Trinajstić information content (AvgIpc) is 3.07. The van der Waals surface area contributed by atoms with Crippen LogP contribution in [0.4, 0.5) is 0 Å². The van der Waals surface area contributed by atoms with Crippen molar-refractivity contribution in [3.63, 3.8) is 0 Å². The number of amides is 1. The number of aryl methyl sites for hydroxylation is 1. The topological polar surface area (TPSA) is 72.1 Å². The smallest absolute Gasteiger partial charge is 0.255 e. The van der Waals surface area contributed by atoms with Crippen LogP contribution in [-0.2, 0) is 0 Å². The first kappa shape index (κ1) is 13.4. The van der Waals surface area contributed by atoms with Gasteiger partial charge >= 0.3 is 0 Å². The van der Waals surface area contributed by atoms with Gasteiger partial charge in [0.05, 0.1) is 11.5 Å². The summed E-state index contributed by atoms with van der Waals surface area (Å²) in [7, 11) is 0. The van der Waals surface area contributed by atoms with E-state index >= 15 is 0 Å². The molecule has 3 heterocycles. The second kappa shape index (κ2) is 5.19. The fourth-order valence-corrected chi connectivity index (χ4v) is 2.84. The van der Waals surface area contributed by atoms with Crippen LogP contribution in [0.2, 0.25) is 0 Å². The fourth-order valence-electron chi connectivity index (χ4n) is 2.84. The van der Waals surface area contributed by atoms with Crippen LogP contribution in [0.15, 0.2) is 22.9 Å². The first-order valence-electron chi connectivity index (χ1n) is 7.76. The molecule has 2 fully saturated rings. The van der Waals surface area contributed by atoms with Crippen molar-refractivity contribution in [3.8, 4) is 0 Å². The van der Waals surface area contributed by atoms with Gasteiger partial charge in [0.15, 0.2) is 5.82 Å². The van der Waals surface area contributed by atoms with Crippen LogP contribution < -0.4 is 0 Å². The molecule has 1 aliphatic carbocycles. The molecule has 0 bridgehead atoms. The Labute approximate surface area is 128 Å². The van der Waals surface area contributed by atoms with Crippen LogP contribution in [0.3, 0.4) is 0 Å². The lowest BCUT2D eigenvalue weighted by molar-refractivity contribution is 0.0789. The molecule has 1 atom stereocenters. The summed E-state index contributed by atoms with van der Waals surface area (Å²) in [5.41, 5.74) is 1.55. The van der Waals surface area contributed by atoms with E-state index in [1.807, 2.05) is 24.0 Å². The summed E-state index contributed by atoms with van der Waals surface area (Å²) in [6.45, 7) is 3.27. The van der Waals surface area contributed by atoms with Crippen molar-refractivity contribution in [1.82, 2.24) is 20.0 Å². The summed E-state index contributed by atoms with van der Waals surface area (Å²) in [6, 6.07) is 3.69. The van der Waals surface area contributed by atoms with E-state index in [-0.39, 0.29) is 11.8 Å². The highest BCUT2D eigenvalue weighted by Gasteiger charge is 2.34. The highest BCUT2D eigenvalue weighted by Crippen LogP contribution is 2.39. The Kier molecular flexibility index (Phi) is 3.17. The van der Waals surface area contributed by atoms with Gasteiger partial charge in [-0.25, -0.2) is 0 Å². The van der Waals surface area contributed by atoms with Crippen molar-refractivity contribution in [2.24, 2.45) is 0 Å². The standard InChI is InChI=1S/C16H18N4O2/c1-10-2-3-12(8-17-10)16(21)20-7-6-13(9-20)15-18-14(19-22-15)11-4-5-11/h2-3,8,11,13H,4-7,9H2,1H3. The summed E-state index contributed by atoms with van der Waals surface area (Å²) < 4.78 is 5.39. The quantitative estimate of drug-likeness (QED) is 0.869. The molecule has 22 heavy (non-hydrogen) atoms. The van der Waals surface area contributed by atoms with E-state index in [9.17, 15) is 4.79 Å². The van der Waals surface area contributed by atoms with E-state index in [1.165, 1.54) is 0 Å². The predicted molar refractivity (Wildman–Crippen MR) is 78.5 cm³/mol. The van der Waals surface area contributed by atoms with Crippen LogP contribution in [0, 0.1) is 6.92 Å². The van der Waals surface area contributed by atoms with Crippen molar-refractivity contribution in [3.05, 3.63) is 41.3 Å². The largest absolute Gasteiger partial charge is 0.339 e. The number of hydrogen-bond donors (Lipinski definition) is 0. The Balaban J connectivity index is 1.44. The van der Waals surface area contributed by atoms with E-state index < -0.39 is 0 Å². The van der Waals surface area contributed by atoms with E-state index in [1.54, 1.807) is 6.20 Å². The lowest BCUT2D eigenvalue weighted by Crippen LogP contribution is -2.28. The van der Waals surface area contributed by atoms with Gasteiger partial charge in [-0.3, -0.25) is 9.78 Å². The monoisotopic (exact) mass is 298 g/mol. The molecule has 1 aliphatic heterocycles. The Bertz CT molecular complexity index is 690. The van der Waals surface area contributed by atoms with Gasteiger partial charge in [0.1, 0.15) is 0 Å². The van der Waals surface area contributed by atoms with Gasteiger partial charge in [0.2, 0.25) is 5.89 Å². The molecule has 0 spiro atoms. The van der Waals surface area contributed by atoms with Gasteiger partial charge in [-0.05, 0) is 38.3 Å². The average molecular weight is 298 g/mol. The van der Waals surface area contributed by atoms with Gasteiger partial charge in [-0.15, -0.1) is 0 Å². The SMILES string of the molecule is Cc1ccc(C(=O)N2CCC(c3nc(C4CC4)no3)C2)cn1. The maximum absolute atomic E-state index is 12.5. The normalized spacial score (nSPS) is 21.3. The van der Waals surface area contributed by atoms with E-state index in [4.69, 9.17) is 4.52 Å². The second-order valence-electron chi connectivity index (χ2n) is 6.19. The molecule has 4 rings (SSSR count). The molecule has 0 radical (unpaired) electrons. The third-order valence-electron chi connectivity index (χ3n) is 4.38. The zero-order valence-electron chi connectivity index (χ0n) is 12.5. The maximum atomic E-state index is 12.5. The fraction of sp³-hybridized carbons (Fsp3) is 0.500. The summed E-state index contributed by atoms with van der Waals surface area (Å²) in [6.07, 6.45) is 4.84. The highest BCUT2D eigenvalue weighted by molar-refractivity contribution is 5.94. The first-order valence-corrected chi connectivity index (χ1v) is 7.76. The van der Waals surface area contributed by atoms with E-state index in [0.29, 0.717) is 23.9 Å². The molecule has 2 aliphatic rings. The minimum absolute atomic E-state index is 0.0249. The number of nitrogens with zero attached hydrogens (tertiary/aromatic N) is 4. The van der Waals surface area contributed by atoms with Gasteiger partial charge in [-0.1, -0.05) is 5.16 Å². The molecular weight excluding hydrogens is 280 g/mol. The zero-order chi connectivity index (χ0) is 15.1. The zero-order valence-corrected chi connectivity index (χ0v) is 12.5. The number of pyridine rings is 1. The van der Waals surface area contributed by atoms with Crippen LogP contribution in [0.25, 0.3) is 0 Å². The molecule has 1 saturated carbocycles. The van der Waals surface area contributed by atoms with Crippen molar-refractivity contribution >= 4 is 5.91 Å². The molecule has 2 aromatic heterocycles. The number of hydrogen-bond acceptors (Lipinski definition) is 5. The Morgan fingerprint density at radius 1 is 1.27 bits per heavy atom. The molecule has 1 amide bonds. The van der Waals surface area contributed by atoms with Gasteiger partial charge in [0.25, 0.3) is 5.91 Å². The molecule has 6 heteroatoms. The summed E-state index contributed by atoms with van der Waals surface area (Å²) >= 11 is 0. The number of carbonyl (C=O) groups is 1. The molecule has 0 aromatic carbocycles. The second-order valence-corrected chi connectivity index (χ2v) is 6.19. The molecular formula is C16H18N4O2. The minimum atomic E-state index is 0.0249. The van der Waals surface area contributed by atoms with Crippen molar-refractivity contribution in [2.75, 3.05) is 13.1 Å². The maximum Gasteiger partial charge on any atom is 0.255 e. The summed E-state index contributed by atoms with van der Waals surface area (Å²) in [4.78, 5) is 23.0. The van der Waals surface area contributed by atoms with Gasteiger partial charge in [0, 0.05) is 30.9 Å². The van der Waals surface area contributed by atoms with Crippen molar-refractivity contribution < 1.29 is 9.32 Å². The molecule has 114 valence electrons. The number of carbonyl (C=O) groups excluding carboxylic acids is 1. The summed E-state index contributed by atoms with van der Waals surface area (Å²) in [5, 5.41) is 4.06.